The first kappa shape index (κ1) is 20.4. The molecule has 0 atom stereocenters. The van der Waals surface area contributed by atoms with E-state index in [2.05, 4.69) is 46.0 Å². The molecule has 2 N–H and O–H groups in total. The van der Waals surface area contributed by atoms with E-state index in [9.17, 15) is 0 Å². The van der Waals surface area contributed by atoms with Gasteiger partial charge in [-0.25, -0.2) is 9.97 Å². The lowest BCUT2D eigenvalue weighted by Gasteiger charge is -2.34. The molecule has 1 aromatic heterocycles. The highest BCUT2D eigenvalue weighted by atomic mass is 16.5. The average Bonchev–Trinajstić information content (AvgIpc) is 2.76. The van der Waals surface area contributed by atoms with E-state index in [1.54, 1.807) is 14.2 Å². The summed E-state index contributed by atoms with van der Waals surface area (Å²) in [5.74, 6) is 2.46. The molecule has 0 amide bonds. The van der Waals surface area contributed by atoms with Crippen molar-refractivity contribution in [2.45, 2.75) is 20.0 Å². The van der Waals surface area contributed by atoms with Crippen molar-refractivity contribution in [2.75, 3.05) is 46.1 Å². The third-order valence-corrected chi connectivity index (χ3v) is 5.76. The normalized spacial score (nSPS) is 15.4. The second kappa shape index (κ2) is 8.85. The molecule has 7 heteroatoms. The maximum atomic E-state index is 6.23. The third-order valence-electron chi connectivity index (χ3n) is 5.76. The van der Waals surface area contributed by atoms with Crippen LogP contribution in [0.25, 0.3) is 10.9 Å². The summed E-state index contributed by atoms with van der Waals surface area (Å²) in [7, 11) is 3.22. The molecule has 4 rings (SSSR count). The monoisotopic (exact) mass is 407 g/mol. The van der Waals surface area contributed by atoms with Gasteiger partial charge in [-0.15, -0.1) is 0 Å². The number of nitrogens with zero attached hydrogens (tertiary/aromatic N) is 4. The molecular formula is C23H29N5O2. The van der Waals surface area contributed by atoms with Crippen LogP contribution in [0, 0.1) is 6.92 Å². The van der Waals surface area contributed by atoms with Gasteiger partial charge in [-0.3, -0.25) is 9.80 Å². The van der Waals surface area contributed by atoms with E-state index in [0.717, 1.165) is 49.5 Å². The summed E-state index contributed by atoms with van der Waals surface area (Å²) in [5.41, 5.74) is 9.75. The van der Waals surface area contributed by atoms with Crippen LogP contribution in [-0.2, 0) is 13.1 Å². The lowest BCUT2D eigenvalue weighted by molar-refractivity contribution is 0.120. The van der Waals surface area contributed by atoms with Crippen molar-refractivity contribution >= 4 is 16.7 Å². The first-order valence-electron chi connectivity index (χ1n) is 10.2. The maximum absolute atomic E-state index is 6.23. The molecule has 0 spiro atoms. The van der Waals surface area contributed by atoms with Crippen molar-refractivity contribution in [2.24, 2.45) is 0 Å². The number of aromatic nitrogens is 2. The number of nitrogens with two attached hydrogens (primary N) is 1. The molecule has 1 fully saturated rings. The van der Waals surface area contributed by atoms with Crippen molar-refractivity contribution in [1.29, 1.82) is 0 Å². The Balaban J connectivity index is 1.43. The predicted molar refractivity (Wildman–Crippen MR) is 119 cm³/mol. The molecule has 0 radical (unpaired) electrons. The van der Waals surface area contributed by atoms with Gasteiger partial charge in [0, 0.05) is 44.2 Å². The molecule has 1 aliphatic heterocycles. The number of fused-ring (bicyclic) bond motifs is 1. The minimum atomic E-state index is 0.467. The summed E-state index contributed by atoms with van der Waals surface area (Å²) in [6.07, 6.45) is 0. The number of piperazine rings is 1. The zero-order valence-corrected chi connectivity index (χ0v) is 17.9. The standard InChI is InChI=1S/C23H29N5O2/c1-16-6-4-5-7-17(16)14-27-8-10-28(11-9-27)15-22-25-19-13-21(30-3)20(29-2)12-18(19)23(24)26-22/h4-7,12-13H,8-11,14-15H2,1-3H3,(H2,24,25,26). The van der Waals surface area contributed by atoms with Crippen LogP contribution >= 0.6 is 0 Å². The summed E-state index contributed by atoms with van der Waals surface area (Å²) in [6.45, 7) is 7.90. The summed E-state index contributed by atoms with van der Waals surface area (Å²) in [5, 5.41) is 0.777. The molecular weight excluding hydrogens is 378 g/mol. The highest BCUT2D eigenvalue weighted by Gasteiger charge is 2.19. The van der Waals surface area contributed by atoms with Crippen molar-refractivity contribution in [1.82, 2.24) is 19.8 Å². The fourth-order valence-corrected chi connectivity index (χ4v) is 3.93. The van der Waals surface area contributed by atoms with Crippen LogP contribution < -0.4 is 15.2 Å². The highest BCUT2D eigenvalue weighted by molar-refractivity contribution is 5.90. The van der Waals surface area contributed by atoms with Crippen LogP contribution in [0.15, 0.2) is 36.4 Å². The SMILES string of the molecule is COc1cc2nc(CN3CCN(Cc4ccccc4C)CC3)nc(N)c2cc1OC. The molecule has 7 nitrogen and oxygen atoms in total. The highest BCUT2D eigenvalue weighted by Crippen LogP contribution is 2.33. The summed E-state index contributed by atoms with van der Waals surface area (Å²) in [6, 6.07) is 12.3. The Kier molecular flexibility index (Phi) is 6.01. The Morgan fingerprint density at radius 2 is 1.53 bits per heavy atom. The lowest BCUT2D eigenvalue weighted by atomic mass is 10.1. The fourth-order valence-electron chi connectivity index (χ4n) is 3.93. The van der Waals surface area contributed by atoms with E-state index in [1.165, 1.54) is 11.1 Å². The van der Waals surface area contributed by atoms with E-state index in [1.807, 2.05) is 12.1 Å². The number of nitrogen functional groups attached to an aromatic ring is 1. The minimum Gasteiger partial charge on any atom is -0.493 e. The van der Waals surface area contributed by atoms with Crippen LogP contribution in [0.2, 0.25) is 0 Å². The summed E-state index contributed by atoms with van der Waals surface area (Å²) in [4.78, 5) is 14.2. The second-order valence-corrected chi connectivity index (χ2v) is 7.73. The van der Waals surface area contributed by atoms with E-state index in [-0.39, 0.29) is 0 Å². The number of methoxy groups -OCH3 is 2. The van der Waals surface area contributed by atoms with Crippen molar-refractivity contribution < 1.29 is 9.47 Å². The van der Waals surface area contributed by atoms with Gasteiger partial charge in [0.2, 0.25) is 0 Å². The number of aryl methyl sites for hydroxylation is 1. The van der Waals surface area contributed by atoms with Gasteiger partial charge in [-0.2, -0.15) is 0 Å². The summed E-state index contributed by atoms with van der Waals surface area (Å²) >= 11 is 0. The van der Waals surface area contributed by atoms with Crippen molar-refractivity contribution in [3.63, 3.8) is 0 Å². The molecule has 0 bridgehead atoms. The quantitative estimate of drug-likeness (QED) is 0.673. The van der Waals surface area contributed by atoms with E-state index < -0.39 is 0 Å². The molecule has 0 unspecified atom stereocenters. The number of hydrogen-bond acceptors (Lipinski definition) is 7. The smallest absolute Gasteiger partial charge is 0.162 e. The third kappa shape index (κ3) is 4.32. The van der Waals surface area contributed by atoms with E-state index in [4.69, 9.17) is 20.2 Å². The first-order chi connectivity index (χ1) is 14.6. The van der Waals surface area contributed by atoms with E-state index in [0.29, 0.717) is 23.9 Å². The Labute approximate surface area is 177 Å². The maximum Gasteiger partial charge on any atom is 0.162 e. The fraction of sp³-hybridized carbons (Fsp3) is 0.391. The number of anilines is 1. The minimum absolute atomic E-state index is 0.467. The van der Waals surface area contributed by atoms with Gasteiger partial charge in [-0.05, 0) is 24.1 Å². The average molecular weight is 408 g/mol. The molecule has 1 aliphatic rings. The van der Waals surface area contributed by atoms with Gasteiger partial charge < -0.3 is 15.2 Å². The van der Waals surface area contributed by atoms with Crippen molar-refractivity contribution in [3.8, 4) is 11.5 Å². The summed E-state index contributed by atoms with van der Waals surface area (Å²) < 4.78 is 10.8. The molecule has 30 heavy (non-hydrogen) atoms. The Hall–Kier alpha value is -2.90. The molecule has 2 heterocycles. The topological polar surface area (TPSA) is 76.7 Å². The molecule has 0 aliphatic carbocycles. The molecule has 2 aromatic carbocycles. The molecule has 158 valence electrons. The number of hydrogen-bond donors (Lipinski definition) is 1. The zero-order chi connectivity index (χ0) is 21.1. The van der Waals surface area contributed by atoms with Crippen LogP contribution in [-0.4, -0.2) is 60.2 Å². The lowest BCUT2D eigenvalue weighted by Crippen LogP contribution is -2.45. The van der Waals surface area contributed by atoms with E-state index >= 15 is 0 Å². The van der Waals surface area contributed by atoms with Gasteiger partial charge in [0.1, 0.15) is 11.6 Å². The Morgan fingerprint density at radius 1 is 0.900 bits per heavy atom. The Morgan fingerprint density at radius 3 is 2.20 bits per heavy atom. The molecule has 0 saturated carbocycles. The first-order valence-corrected chi connectivity index (χ1v) is 10.2. The largest absolute Gasteiger partial charge is 0.493 e. The second-order valence-electron chi connectivity index (χ2n) is 7.73. The van der Waals surface area contributed by atoms with Gasteiger partial charge in [0.15, 0.2) is 11.5 Å². The van der Waals surface area contributed by atoms with Crippen LogP contribution in [0.3, 0.4) is 0 Å². The van der Waals surface area contributed by atoms with Gasteiger partial charge in [0.05, 0.1) is 26.3 Å². The van der Waals surface area contributed by atoms with Crippen LogP contribution in [0.5, 0.6) is 11.5 Å². The van der Waals surface area contributed by atoms with Gasteiger partial charge in [-0.1, -0.05) is 24.3 Å². The van der Waals surface area contributed by atoms with Crippen molar-refractivity contribution in [3.05, 3.63) is 53.3 Å². The molecule has 1 saturated heterocycles. The van der Waals surface area contributed by atoms with Crippen LogP contribution in [0.1, 0.15) is 17.0 Å². The Bertz CT molecular complexity index is 1030. The number of rotatable bonds is 6. The number of ether oxygens (including phenoxy) is 2. The predicted octanol–water partition coefficient (Wildman–Crippen LogP) is 2.86. The van der Waals surface area contributed by atoms with Gasteiger partial charge in [0.25, 0.3) is 0 Å². The molecule has 3 aromatic rings. The van der Waals surface area contributed by atoms with Gasteiger partial charge >= 0.3 is 0 Å². The zero-order valence-electron chi connectivity index (χ0n) is 17.9. The number of benzene rings is 2. The van der Waals surface area contributed by atoms with Crippen LogP contribution in [0.4, 0.5) is 5.82 Å².